The van der Waals surface area contributed by atoms with Crippen LogP contribution in [0.4, 0.5) is 0 Å². The van der Waals surface area contributed by atoms with Gasteiger partial charge >= 0.3 is 0 Å². The zero-order valence-electron chi connectivity index (χ0n) is 16.9. The molecule has 1 unspecified atom stereocenters. The molecule has 1 saturated carbocycles. The topological polar surface area (TPSA) is 8.81 Å². The second-order valence-corrected chi connectivity index (χ2v) is 7.87. The van der Waals surface area contributed by atoms with Crippen molar-refractivity contribution < 1.29 is 5.94 Å². The van der Waals surface area contributed by atoms with E-state index in [9.17, 15) is 1.37 Å². The largest absolute Gasteiger partial charge is 0.270 e. The van der Waals surface area contributed by atoms with Crippen molar-refractivity contribution >= 4 is 0 Å². The van der Waals surface area contributed by atoms with Gasteiger partial charge in [0.2, 0.25) is 0 Å². The summed E-state index contributed by atoms with van der Waals surface area (Å²) in [5.74, 6) is 1.21. The number of fused-ring (bicyclic) bond motifs is 3. The van der Waals surface area contributed by atoms with E-state index in [0.717, 1.165) is 11.3 Å². The molecule has 26 heavy (non-hydrogen) atoms. The van der Waals surface area contributed by atoms with Crippen molar-refractivity contribution in [3.05, 3.63) is 76.9 Å². The van der Waals surface area contributed by atoms with E-state index in [2.05, 4.69) is 78.4 Å². The number of rotatable bonds is 2. The minimum Gasteiger partial charge on any atom is -0.196 e. The number of benzene rings is 2. The molecular formula is C24H27N2+. The van der Waals surface area contributed by atoms with E-state index in [1.807, 2.05) is 0 Å². The molecule has 1 atom stereocenters. The molecular weight excluding hydrogens is 316 g/mol. The summed E-state index contributed by atoms with van der Waals surface area (Å²) in [5, 5.41) is 0. The molecule has 132 valence electrons. The van der Waals surface area contributed by atoms with Crippen LogP contribution >= 0.6 is 0 Å². The van der Waals surface area contributed by atoms with E-state index < -0.39 is 5.89 Å². The minimum absolute atomic E-state index is 0.555. The maximum Gasteiger partial charge on any atom is 0.270 e. The quantitative estimate of drug-likeness (QED) is 0.543. The summed E-state index contributed by atoms with van der Waals surface area (Å²) >= 11 is 0. The summed E-state index contributed by atoms with van der Waals surface area (Å²) < 4.78 is 14.1. The van der Waals surface area contributed by atoms with E-state index in [-0.39, 0.29) is 0 Å². The predicted molar refractivity (Wildman–Crippen MR) is 106 cm³/mol. The van der Waals surface area contributed by atoms with Crippen LogP contribution in [0, 0.1) is 13.8 Å². The van der Waals surface area contributed by atoms with Crippen LogP contribution in [0.5, 0.6) is 0 Å². The Labute approximate surface area is 157 Å². The molecule has 2 aromatic carbocycles. The standard InChI is InChI=1S/C24H27N2/c1-16-10-4-8-14-21(16)25-18(3)23-17(2)20-13-7-9-15-22(20)26(23)24(25)19-11-5-6-12-19/h4,7-10,13-15,17,19H,5-6,11-12H2,1-3H3/q+1/i17D. The van der Waals surface area contributed by atoms with Gasteiger partial charge in [0.05, 0.1) is 11.8 Å². The summed E-state index contributed by atoms with van der Waals surface area (Å²) in [5.41, 5.74) is 7.21. The van der Waals surface area contributed by atoms with E-state index in [1.54, 1.807) is 0 Å². The van der Waals surface area contributed by atoms with Gasteiger partial charge in [0.1, 0.15) is 17.1 Å². The number of aromatic nitrogens is 2. The first-order valence-corrected chi connectivity index (χ1v) is 9.85. The van der Waals surface area contributed by atoms with Crippen LogP contribution in [0.3, 0.4) is 0 Å². The smallest absolute Gasteiger partial charge is 0.196 e. The molecule has 3 aromatic rings. The molecule has 0 amide bonds. The molecule has 1 aromatic heterocycles. The van der Waals surface area contributed by atoms with E-state index >= 15 is 0 Å². The Morgan fingerprint density at radius 1 is 1.00 bits per heavy atom. The number of imidazole rings is 1. The molecule has 0 spiro atoms. The van der Waals surface area contributed by atoms with E-state index in [0.29, 0.717) is 5.92 Å². The van der Waals surface area contributed by atoms with Crippen molar-refractivity contribution in [2.75, 3.05) is 0 Å². The molecule has 0 bridgehead atoms. The van der Waals surface area contributed by atoms with Gasteiger partial charge in [-0.2, -0.15) is 9.13 Å². The minimum atomic E-state index is -0.720. The van der Waals surface area contributed by atoms with Crippen LogP contribution in [0.1, 0.15) is 74.1 Å². The van der Waals surface area contributed by atoms with E-state index in [4.69, 9.17) is 0 Å². The van der Waals surface area contributed by atoms with Crippen molar-refractivity contribution in [3.8, 4) is 11.4 Å². The highest BCUT2D eigenvalue weighted by Crippen LogP contribution is 2.44. The third-order valence-electron chi connectivity index (χ3n) is 6.34. The van der Waals surface area contributed by atoms with E-state index in [1.165, 1.54) is 54.1 Å². The Balaban J connectivity index is 1.89. The summed E-state index contributed by atoms with van der Waals surface area (Å²) in [7, 11) is 0. The first-order chi connectivity index (χ1) is 13.0. The molecule has 1 aliphatic heterocycles. The average molecular weight is 345 g/mol. The third kappa shape index (κ3) is 2.08. The Hall–Kier alpha value is -2.35. The van der Waals surface area contributed by atoms with Crippen molar-refractivity contribution in [1.29, 1.82) is 0 Å². The van der Waals surface area contributed by atoms with Crippen molar-refractivity contribution in [2.45, 2.75) is 58.3 Å². The van der Waals surface area contributed by atoms with Gasteiger partial charge in [-0.05, 0) is 37.5 Å². The lowest BCUT2D eigenvalue weighted by Gasteiger charge is -2.12. The zero-order chi connectivity index (χ0) is 18.8. The Bertz CT molecular complexity index is 1040. The van der Waals surface area contributed by atoms with Gasteiger partial charge in [0.15, 0.2) is 5.69 Å². The molecule has 0 radical (unpaired) electrons. The second kappa shape index (κ2) is 5.84. The molecule has 2 heterocycles. The average Bonchev–Trinajstić information content (AvgIpc) is 3.33. The van der Waals surface area contributed by atoms with Gasteiger partial charge in [-0.3, -0.25) is 0 Å². The second-order valence-electron chi connectivity index (χ2n) is 7.87. The maximum absolute atomic E-state index is 9.25. The molecule has 2 heteroatoms. The van der Waals surface area contributed by atoms with Gasteiger partial charge in [-0.15, -0.1) is 0 Å². The van der Waals surface area contributed by atoms with Crippen molar-refractivity contribution in [3.63, 3.8) is 0 Å². The maximum atomic E-state index is 9.25. The van der Waals surface area contributed by atoms with Gasteiger partial charge < -0.3 is 0 Å². The number of hydrogen-bond acceptors (Lipinski definition) is 0. The molecule has 5 rings (SSSR count). The summed E-state index contributed by atoms with van der Waals surface area (Å²) in [4.78, 5) is 0. The van der Waals surface area contributed by atoms with Gasteiger partial charge in [-0.1, -0.05) is 56.2 Å². The van der Waals surface area contributed by atoms with Crippen molar-refractivity contribution in [1.82, 2.24) is 4.57 Å². The predicted octanol–water partition coefficient (Wildman–Crippen LogP) is 5.49. The highest BCUT2D eigenvalue weighted by atomic mass is 15.2. The number of aryl methyl sites for hydroxylation is 1. The van der Waals surface area contributed by atoms with Crippen LogP contribution in [0.25, 0.3) is 11.4 Å². The van der Waals surface area contributed by atoms with Gasteiger partial charge in [0, 0.05) is 13.9 Å². The lowest BCUT2D eigenvalue weighted by Crippen LogP contribution is -2.39. The molecule has 0 saturated heterocycles. The summed E-state index contributed by atoms with van der Waals surface area (Å²) in [6.45, 7) is 6.45. The van der Waals surface area contributed by atoms with Gasteiger partial charge in [-0.25, -0.2) is 0 Å². The number of nitrogens with zero attached hydrogens (tertiary/aromatic N) is 2. The number of para-hydroxylation sites is 2. The van der Waals surface area contributed by atoms with Crippen LogP contribution < -0.4 is 4.57 Å². The normalized spacial score (nSPS) is 22.3. The van der Waals surface area contributed by atoms with Crippen LogP contribution in [-0.2, 0) is 0 Å². The van der Waals surface area contributed by atoms with Crippen LogP contribution in [0.15, 0.2) is 48.5 Å². The first kappa shape index (κ1) is 14.8. The SMILES string of the molecule is [2H]C1(C)c2ccccc2-n2c1c(C)[n+](-c1ccccc1C)c2C1CCCC1. The summed E-state index contributed by atoms with van der Waals surface area (Å²) in [6, 6.07) is 17.2. The third-order valence-corrected chi connectivity index (χ3v) is 6.34. The Morgan fingerprint density at radius 3 is 2.46 bits per heavy atom. The lowest BCUT2D eigenvalue weighted by atomic mass is 9.98. The van der Waals surface area contributed by atoms with Crippen LogP contribution in [-0.4, -0.2) is 4.57 Å². The Kier molecular flexibility index (Phi) is 3.32. The molecule has 1 aliphatic carbocycles. The highest BCUT2D eigenvalue weighted by molar-refractivity contribution is 5.55. The fraction of sp³-hybridized carbons (Fsp3) is 0.375. The Morgan fingerprint density at radius 2 is 1.69 bits per heavy atom. The fourth-order valence-corrected chi connectivity index (χ4v) is 5.12. The van der Waals surface area contributed by atoms with Gasteiger partial charge in [0.25, 0.3) is 5.82 Å². The summed E-state index contributed by atoms with van der Waals surface area (Å²) in [6.07, 6.45) is 5.09. The monoisotopic (exact) mass is 344 g/mol. The molecule has 2 aliphatic rings. The lowest BCUT2D eigenvalue weighted by molar-refractivity contribution is -0.612. The first-order valence-electron chi connectivity index (χ1n) is 10.4. The van der Waals surface area contributed by atoms with Crippen molar-refractivity contribution in [2.24, 2.45) is 0 Å². The molecule has 1 fully saturated rings. The zero-order valence-corrected chi connectivity index (χ0v) is 15.9. The fourth-order valence-electron chi connectivity index (χ4n) is 5.12. The molecule has 2 nitrogen and oxygen atoms in total. The number of hydrogen-bond donors (Lipinski definition) is 0. The highest BCUT2D eigenvalue weighted by Gasteiger charge is 2.43. The molecule has 0 N–H and O–H groups in total. The van der Waals surface area contributed by atoms with Crippen LogP contribution in [0.2, 0.25) is 0 Å².